The number of ether oxygens (including phenoxy) is 1. The van der Waals surface area contributed by atoms with Crippen LogP contribution in [0.4, 0.5) is 17.1 Å². The fourth-order valence-electron chi connectivity index (χ4n) is 11.1. The molecule has 2 atom stereocenters. The van der Waals surface area contributed by atoms with Crippen molar-refractivity contribution in [2.75, 3.05) is 35.7 Å². The SMILES string of the molecule is C[C@@H](NC(=O)c1ccc(NNC(=O)CCCCC[N+]2=C(/C=C/C3=C(Oc4ccccc4)C(=C/C=C4/N(CCCCS(=O)(=O)O)c5ccccc5C4(C)C)/CCC3)C(C)(C)c3ccccc32)cc1)C(=O)N1CCC[C@H]1N(O)O. The predicted molar refractivity (Wildman–Crippen MR) is 299 cm³/mol. The first-order chi connectivity index (χ1) is 36.8. The molecule has 8 rings (SSSR count). The minimum absolute atomic E-state index is 0.0366. The van der Waals surface area contributed by atoms with Gasteiger partial charge in [-0.05, 0) is 155 Å². The Morgan fingerprint density at radius 3 is 2.27 bits per heavy atom. The van der Waals surface area contributed by atoms with E-state index in [1.54, 1.807) is 31.2 Å². The van der Waals surface area contributed by atoms with E-state index in [2.05, 4.69) is 120 Å². The molecule has 16 nitrogen and oxygen atoms in total. The summed E-state index contributed by atoms with van der Waals surface area (Å²) in [6.07, 6.45) is 15.4. The molecule has 0 unspecified atom stereocenters. The van der Waals surface area contributed by atoms with Crippen molar-refractivity contribution in [3.8, 4) is 5.75 Å². The number of likely N-dealkylation sites (tertiary alicyclic amines) is 1. The Bertz CT molecular complexity index is 3070. The third-order valence-corrected chi connectivity index (χ3v) is 16.0. The molecule has 0 spiro atoms. The van der Waals surface area contributed by atoms with Crippen molar-refractivity contribution in [1.29, 1.82) is 0 Å². The second-order valence-electron chi connectivity index (χ2n) is 21.4. The molecule has 1 saturated heterocycles. The summed E-state index contributed by atoms with van der Waals surface area (Å²) in [5.74, 6) is 0.304. The molecule has 3 heterocycles. The topological polar surface area (TPSA) is 204 Å². The van der Waals surface area contributed by atoms with Crippen LogP contribution in [0.1, 0.15) is 127 Å². The Labute approximate surface area is 453 Å². The van der Waals surface area contributed by atoms with E-state index in [0.29, 0.717) is 62.9 Å². The third-order valence-electron chi connectivity index (χ3n) is 15.2. The molecule has 4 aromatic carbocycles. The van der Waals surface area contributed by atoms with E-state index in [0.717, 1.165) is 72.7 Å². The van der Waals surface area contributed by atoms with Crippen LogP contribution in [0, 0.1) is 0 Å². The fraction of sp³-hybridized carbons (Fsp3) is 0.400. The van der Waals surface area contributed by atoms with Gasteiger partial charge in [-0.2, -0.15) is 13.0 Å². The van der Waals surface area contributed by atoms with E-state index in [1.807, 2.05) is 36.4 Å². The highest BCUT2D eigenvalue weighted by molar-refractivity contribution is 7.85. The number of amides is 3. The maximum atomic E-state index is 13.0. The smallest absolute Gasteiger partial charge is 0.264 e. The number of hydrogen-bond acceptors (Lipinski definition) is 11. The van der Waals surface area contributed by atoms with Crippen LogP contribution in [0.5, 0.6) is 5.75 Å². The number of allylic oxidation sites excluding steroid dienone is 7. The van der Waals surface area contributed by atoms with Gasteiger partial charge in [0.1, 0.15) is 30.3 Å². The zero-order chi connectivity index (χ0) is 54.9. The van der Waals surface area contributed by atoms with Crippen LogP contribution in [-0.4, -0.2) is 99.1 Å². The predicted octanol–water partition coefficient (Wildman–Crippen LogP) is 10.3. The monoisotopic (exact) mass is 1070 g/mol. The van der Waals surface area contributed by atoms with Crippen LogP contribution in [0.15, 0.2) is 150 Å². The second-order valence-corrected chi connectivity index (χ2v) is 23.0. The van der Waals surface area contributed by atoms with Crippen LogP contribution in [0.2, 0.25) is 0 Å². The number of nitrogens with one attached hydrogen (secondary N) is 3. The molecule has 4 aromatic rings. The number of nitrogens with zero attached hydrogens (tertiary/aromatic N) is 4. The Morgan fingerprint density at radius 1 is 0.818 bits per heavy atom. The van der Waals surface area contributed by atoms with Gasteiger partial charge in [0, 0.05) is 66.0 Å². The molecule has 1 fully saturated rings. The lowest BCUT2D eigenvalue weighted by atomic mass is 9.81. The van der Waals surface area contributed by atoms with Crippen LogP contribution in [0.25, 0.3) is 0 Å². The minimum atomic E-state index is -4.04. The molecule has 77 heavy (non-hydrogen) atoms. The van der Waals surface area contributed by atoms with Crippen molar-refractivity contribution in [2.24, 2.45) is 0 Å². The van der Waals surface area contributed by atoms with E-state index >= 15 is 0 Å². The number of para-hydroxylation sites is 3. The van der Waals surface area contributed by atoms with Crippen molar-refractivity contribution in [3.05, 3.63) is 167 Å². The Hall–Kier alpha value is -6.89. The van der Waals surface area contributed by atoms with Gasteiger partial charge < -0.3 is 19.9 Å². The van der Waals surface area contributed by atoms with Gasteiger partial charge in [0.25, 0.3) is 16.0 Å². The molecule has 0 saturated carbocycles. The van der Waals surface area contributed by atoms with Crippen molar-refractivity contribution < 1.29 is 47.1 Å². The number of fused-ring (bicyclic) bond motifs is 2. The molecule has 0 aromatic heterocycles. The van der Waals surface area contributed by atoms with Gasteiger partial charge in [-0.3, -0.25) is 40.2 Å². The number of unbranched alkanes of at least 4 members (excludes halogenated alkanes) is 3. The molecule has 0 bridgehead atoms. The average Bonchev–Trinajstić information content (AvgIpc) is 4.05. The third kappa shape index (κ3) is 13.5. The standard InChI is InChI=1S/C60H73N7O9S/c1-42(58(70)66-40-19-29-55(66)67(71)72)61-57(69)45-30-34-46(35-31-45)62-63-54(68)28-10-7-15-38-64-50-26-13-11-24-48(50)59(2,3)52(64)36-32-43-20-18-21-44(56(43)76-47-22-8-6-9-23-47)33-37-53-60(4,5)49-25-12-14-27-51(49)65(53)39-16-17-41-77(73,74)75/h6,8-9,11-14,22-27,30-37,42,55,71-72H,7,10,15-21,28-29,38-41H2,1-5H3,(H3-,61,62,63,68,69,73,74,75)/p+1/t42-,55-/m1/s1. The van der Waals surface area contributed by atoms with Crippen molar-refractivity contribution in [1.82, 2.24) is 20.9 Å². The van der Waals surface area contributed by atoms with E-state index in [9.17, 15) is 37.8 Å². The summed E-state index contributed by atoms with van der Waals surface area (Å²) < 4.78 is 41.8. The molecule has 4 aliphatic rings. The first-order valence-corrected chi connectivity index (χ1v) is 28.5. The quantitative estimate of drug-likeness (QED) is 0.0188. The van der Waals surface area contributed by atoms with Gasteiger partial charge in [-0.1, -0.05) is 74.5 Å². The van der Waals surface area contributed by atoms with E-state index in [-0.39, 0.29) is 27.7 Å². The highest BCUT2D eigenvalue weighted by Gasteiger charge is 2.44. The number of hydrazine groups is 1. The van der Waals surface area contributed by atoms with Crippen molar-refractivity contribution in [3.63, 3.8) is 0 Å². The lowest BCUT2D eigenvalue weighted by Gasteiger charge is -2.29. The number of benzene rings is 4. The molecule has 17 heteroatoms. The first kappa shape index (κ1) is 56.3. The van der Waals surface area contributed by atoms with Gasteiger partial charge in [-0.15, -0.1) is 0 Å². The van der Waals surface area contributed by atoms with Gasteiger partial charge >= 0.3 is 0 Å². The van der Waals surface area contributed by atoms with Crippen LogP contribution >= 0.6 is 0 Å². The molecular formula is C60H74N7O9S+. The molecule has 408 valence electrons. The molecule has 1 aliphatic carbocycles. The molecule has 3 amide bonds. The largest absolute Gasteiger partial charge is 0.457 e. The van der Waals surface area contributed by atoms with Crippen LogP contribution in [0.3, 0.4) is 0 Å². The molecule has 0 radical (unpaired) electrons. The van der Waals surface area contributed by atoms with Crippen molar-refractivity contribution >= 4 is 50.6 Å². The Balaban J connectivity index is 0.930. The summed E-state index contributed by atoms with van der Waals surface area (Å²) in [5, 5.41) is 21.7. The highest BCUT2D eigenvalue weighted by atomic mass is 32.2. The van der Waals surface area contributed by atoms with Crippen LogP contribution in [-0.2, 0) is 30.5 Å². The molecular weight excluding hydrogens is 995 g/mol. The number of carbonyl (C=O) groups is 3. The Morgan fingerprint density at radius 2 is 1.53 bits per heavy atom. The normalized spacial score (nSPS) is 19.3. The first-order valence-electron chi connectivity index (χ1n) is 26.9. The van der Waals surface area contributed by atoms with E-state index in [1.165, 1.54) is 27.4 Å². The maximum Gasteiger partial charge on any atom is 0.264 e. The van der Waals surface area contributed by atoms with E-state index in [4.69, 9.17) is 4.74 Å². The van der Waals surface area contributed by atoms with Gasteiger partial charge in [-0.25, -0.2) is 0 Å². The molecule has 6 N–H and O–H groups in total. The fourth-order valence-corrected chi connectivity index (χ4v) is 11.7. The average molecular weight is 1070 g/mol. The summed E-state index contributed by atoms with van der Waals surface area (Å²) in [5.41, 5.74) is 15.2. The number of hydrogen-bond donors (Lipinski definition) is 6. The number of hydroxylamine groups is 2. The number of rotatable bonds is 22. The van der Waals surface area contributed by atoms with Gasteiger partial charge in [0.15, 0.2) is 5.71 Å². The minimum Gasteiger partial charge on any atom is -0.457 e. The summed E-state index contributed by atoms with van der Waals surface area (Å²) in [6.45, 7) is 12.3. The maximum absolute atomic E-state index is 13.0. The summed E-state index contributed by atoms with van der Waals surface area (Å²) in [6, 6.07) is 32.5. The Kier molecular flexibility index (Phi) is 18.0. The second kappa shape index (κ2) is 24.6. The summed E-state index contributed by atoms with van der Waals surface area (Å²) >= 11 is 0. The van der Waals surface area contributed by atoms with Gasteiger partial charge in [0.2, 0.25) is 17.5 Å². The summed E-state index contributed by atoms with van der Waals surface area (Å²) in [7, 11) is -4.04. The number of anilines is 2. The van der Waals surface area contributed by atoms with Crippen LogP contribution < -0.4 is 25.8 Å². The number of carbonyl (C=O) groups excluding carboxylic acids is 3. The van der Waals surface area contributed by atoms with Crippen molar-refractivity contribution in [2.45, 2.75) is 128 Å². The zero-order valence-corrected chi connectivity index (χ0v) is 45.7. The molecule has 3 aliphatic heterocycles. The highest BCUT2D eigenvalue weighted by Crippen LogP contribution is 2.48. The lowest BCUT2D eigenvalue weighted by molar-refractivity contribution is -0.438. The zero-order valence-electron chi connectivity index (χ0n) is 44.9. The van der Waals surface area contributed by atoms with Gasteiger partial charge in [0.05, 0.1) is 16.9 Å². The van der Waals surface area contributed by atoms with E-state index < -0.39 is 34.1 Å². The lowest BCUT2D eigenvalue weighted by Crippen LogP contribution is -2.52. The summed E-state index contributed by atoms with van der Waals surface area (Å²) in [4.78, 5) is 42.5.